The molecule has 5 heteroatoms. The normalized spacial score (nSPS) is 10.5. The van der Waals surface area contributed by atoms with Gasteiger partial charge in [-0.05, 0) is 23.9 Å². The fraction of sp³-hybridized carbons (Fsp3) is 0.231. The molecule has 1 aromatic carbocycles. The number of nitrogens with one attached hydrogen (secondary N) is 1. The second-order valence-corrected chi connectivity index (χ2v) is 4.33. The van der Waals surface area contributed by atoms with E-state index in [2.05, 4.69) is 10.3 Å². The van der Waals surface area contributed by atoms with Gasteiger partial charge in [-0.15, -0.1) is 0 Å². The summed E-state index contributed by atoms with van der Waals surface area (Å²) >= 11 is 6.15. The number of carbonyl (C=O) groups is 1. The van der Waals surface area contributed by atoms with Crippen molar-refractivity contribution < 1.29 is 9.90 Å². The summed E-state index contributed by atoms with van der Waals surface area (Å²) in [6, 6.07) is 7.56. The lowest BCUT2D eigenvalue weighted by molar-refractivity contribution is -0.137. The van der Waals surface area contributed by atoms with Gasteiger partial charge in [0.1, 0.15) is 5.82 Å². The summed E-state index contributed by atoms with van der Waals surface area (Å²) in [4.78, 5) is 14.7. The summed E-state index contributed by atoms with van der Waals surface area (Å²) in [5, 5.41) is 14.2. The fourth-order valence-electron chi connectivity index (χ4n) is 1.77. The molecule has 0 unspecified atom stereocenters. The van der Waals surface area contributed by atoms with Crippen LogP contribution >= 0.6 is 11.6 Å². The third kappa shape index (κ3) is 2.90. The Morgan fingerprint density at radius 1 is 1.39 bits per heavy atom. The maximum Gasteiger partial charge on any atom is 0.303 e. The second kappa shape index (κ2) is 5.69. The number of carboxylic acids is 1. The Kier molecular flexibility index (Phi) is 3.99. The first kappa shape index (κ1) is 12.6. The van der Waals surface area contributed by atoms with Crippen LogP contribution in [0, 0.1) is 0 Å². The minimum Gasteiger partial charge on any atom is -0.481 e. The number of hydrogen-bond donors (Lipinski definition) is 2. The molecule has 0 atom stereocenters. The molecule has 0 radical (unpaired) electrons. The molecule has 0 fully saturated rings. The highest BCUT2D eigenvalue weighted by Gasteiger charge is 2.05. The predicted octanol–water partition coefficient (Wildman–Crippen LogP) is 3.16. The van der Waals surface area contributed by atoms with E-state index >= 15 is 0 Å². The van der Waals surface area contributed by atoms with Crippen molar-refractivity contribution in [3.05, 3.63) is 35.5 Å². The predicted molar refractivity (Wildman–Crippen MR) is 72.1 cm³/mol. The molecule has 0 amide bonds. The van der Waals surface area contributed by atoms with Crippen LogP contribution in [0.15, 0.2) is 30.5 Å². The first-order valence-electron chi connectivity index (χ1n) is 5.67. The summed E-state index contributed by atoms with van der Waals surface area (Å²) in [5.74, 6) is -0.0933. The van der Waals surface area contributed by atoms with Crippen LogP contribution < -0.4 is 5.32 Å². The van der Waals surface area contributed by atoms with Gasteiger partial charge in [0, 0.05) is 24.5 Å². The first-order chi connectivity index (χ1) is 8.68. The highest BCUT2D eigenvalue weighted by Crippen LogP contribution is 2.28. The molecule has 0 saturated carbocycles. The van der Waals surface area contributed by atoms with E-state index in [1.165, 1.54) is 0 Å². The van der Waals surface area contributed by atoms with Gasteiger partial charge >= 0.3 is 5.97 Å². The number of nitrogens with zero attached hydrogens (tertiary/aromatic N) is 1. The second-order valence-electron chi connectivity index (χ2n) is 3.92. The Balaban J connectivity index is 2.15. The van der Waals surface area contributed by atoms with E-state index in [-0.39, 0.29) is 6.42 Å². The Hall–Kier alpha value is -1.81. The van der Waals surface area contributed by atoms with Gasteiger partial charge in [0.15, 0.2) is 0 Å². The molecule has 0 aliphatic carbocycles. The van der Waals surface area contributed by atoms with Gasteiger partial charge in [0.25, 0.3) is 0 Å². The van der Waals surface area contributed by atoms with E-state index < -0.39 is 5.97 Å². The zero-order valence-electron chi connectivity index (χ0n) is 9.69. The SMILES string of the molecule is O=C(O)CCCNc1nccc2cccc(Cl)c12. The van der Waals surface area contributed by atoms with Crippen LogP contribution in [0.4, 0.5) is 5.82 Å². The third-order valence-corrected chi connectivity index (χ3v) is 2.92. The van der Waals surface area contributed by atoms with Gasteiger partial charge in [-0.25, -0.2) is 4.98 Å². The highest BCUT2D eigenvalue weighted by molar-refractivity contribution is 6.36. The minimum atomic E-state index is -0.791. The number of fused-ring (bicyclic) bond motifs is 1. The van der Waals surface area contributed by atoms with E-state index in [0.717, 1.165) is 10.8 Å². The topological polar surface area (TPSA) is 62.2 Å². The number of benzene rings is 1. The van der Waals surface area contributed by atoms with Crippen molar-refractivity contribution in [2.45, 2.75) is 12.8 Å². The average molecular weight is 265 g/mol. The Bertz CT molecular complexity index is 567. The van der Waals surface area contributed by atoms with E-state index in [9.17, 15) is 4.79 Å². The Morgan fingerprint density at radius 2 is 2.22 bits per heavy atom. The number of hydrogen-bond acceptors (Lipinski definition) is 3. The molecule has 94 valence electrons. The van der Waals surface area contributed by atoms with Crippen molar-refractivity contribution in [1.82, 2.24) is 4.98 Å². The summed E-state index contributed by atoms with van der Waals surface area (Å²) < 4.78 is 0. The third-order valence-electron chi connectivity index (χ3n) is 2.60. The van der Waals surface area contributed by atoms with Crippen molar-refractivity contribution in [2.24, 2.45) is 0 Å². The number of halogens is 1. The van der Waals surface area contributed by atoms with E-state index in [1.807, 2.05) is 24.3 Å². The van der Waals surface area contributed by atoms with Gasteiger partial charge in [-0.1, -0.05) is 23.7 Å². The van der Waals surface area contributed by atoms with Crippen LogP contribution in [-0.4, -0.2) is 22.6 Å². The van der Waals surface area contributed by atoms with Crippen molar-refractivity contribution >= 4 is 34.2 Å². The number of carboxylic acid groups (broad SMARTS) is 1. The van der Waals surface area contributed by atoms with Crippen LogP contribution in [0.25, 0.3) is 10.8 Å². The van der Waals surface area contributed by atoms with Crippen molar-refractivity contribution in [3.8, 4) is 0 Å². The van der Waals surface area contributed by atoms with E-state index in [4.69, 9.17) is 16.7 Å². The molecule has 18 heavy (non-hydrogen) atoms. The number of pyridine rings is 1. The molecule has 0 saturated heterocycles. The monoisotopic (exact) mass is 264 g/mol. The molecule has 2 rings (SSSR count). The summed E-state index contributed by atoms with van der Waals surface area (Å²) in [5.41, 5.74) is 0. The molecular weight excluding hydrogens is 252 g/mol. The van der Waals surface area contributed by atoms with Crippen molar-refractivity contribution in [3.63, 3.8) is 0 Å². The van der Waals surface area contributed by atoms with Gasteiger partial charge in [-0.3, -0.25) is 4.79 Å². The standard InChI is InChI=1S/C13H13ClN2O2/c14-10-4-1-3-9-6-8-16-13(12(9)10)15-7-2-5-11(17)18/h1,3-4,6,8H,2,5,7H2,(H,15,16)(H,17,18). The lowest BCUT2D eigenvalue weighted by atomic mass is 10.1. The Labute approximate surface area is 110 Å². The van der Waals surface area contributed by atoms with Gasteiger partial charge in [0.2, 0.25) is 0 Å². The molecular formula is C13H13ClN2O2. The lowest BCUT2D eigenvalue weighted by Gasteiger charge is -2.09. The Morgan fingerprint density at radius 3 is 3.00 bits per heavy atom. The average Bonchev–Trinajstić information content (AvgIpc) is 2.34. The number of aliphatic carboxylic acids is 1. The van der Waals surface area contributed by atoms with E-state index in [1.54, 1.807) is 6.20 Å². The summed E-state index contributed by atoms with van der Waals surface area (Å²) in [7, 11) is 0. The zero-order chi connectivity index (χ0) is 13.0. The van der Waals surface area contributed by atoms with Gasteiger partial charge < -0.3 is 10.4 Å². The van der Waals surface area contributed by atoms with Crippen LogP contribution in [0.3, 0.4) is 0 Å². The van der Waals surface area contributed by atoms with E-state index in [0.29, 0.717) is 23.8 Å². The molecule has 0 spiro atoms. The quantitative estimate of drug-likeness (QED) is 0.815. The molecule has 0 aliphatic rings. The van der Waals surface area contributed by atoms with Crippen molar-refractivity contribution in [1.29, 1.82) is 0 Å². The smallest absolute Gasteiger partial charge is 0.303 e. The van der Waals surface area contributed by atoms with Gasteiger partial charge in [-0.2, -0.15) is 0 Å². The zero-order valence-corrected chi connectivity index (χ0v) is 10.4. The lowest BCUT2D eigenvalue weighted by Crippen LogP contribution is -2.06. The minimum absolute atomic E-state index is 0.144. The van der Waals surface area contributed by atoms with Crippen molar-refractivity contribution in [2.75, 3.05) is 11.9 Å². The molecule has 2 aromatic rings. The molecule has 2 N–H and O–H groups in total. The maximum atomic E-state index is 10.4. The molecule has 1 aromatic heterocycles. The number of aromatic nitrogens is 1. The fourth-order valence-corrected chi connectivity index (χ4v) is 2.04. The maximum absolute atomic E-state index is 10.4. The summed E-state index contributed by atoms with van der Waals surface area (Å²) in [6.45, 7) is 0.559. The summed E-state index contributed by atoms with van der Waals surface area (Å²) in [6.07, 6.45) is 2.40. The molecule has 0 aliphatic heterocycles. The highest BCUT2D eigenvalue weighted by atomic mass is 35.5. The van der Waals surface area contributed by atoms with Crippen LogP contribution in [-0.2, 0) is 4.79 Å². The van der Waals surface area contributed by atoms with Crippen LogP contribution in [0.2, 0.25) is 5.02 Å². The first-order valence-corrected chi connectivity index (χ1v) is 6.05. The van der Waals surface area contributed by atoms with Crippen LogP contribution in [0.5, 0.6) is 0 Å². The molecule has 4 nitrogen and oxygen atoms in total. The van der Waals surface area contributed by atoms with Crippen LogP contribution in [0.1, 0.15) is 12.8 Å². The molecule has 1 heterocycles. The largest absolute Gasteiger partial charge is 0.481 e. The number of anilines is 1. The molecule has 0 bridgehead atoms. The van der Waals surface area contributed by atoms with Gasteiger partial charge in [0.05, 0.1) is 5.02 Å². The number of rotatable bonds is 5.